The van der Waals surface area contributed by atoms with Gasteiger partial charge in [-0.3, -0.25) is 4.57 Å². The Morgan fingerprint density at radius 2 is 2.50 bits per heavy atom. The predicted octanol–water partition coefficient (Wildman–Crippen LogP) is -0.0640. The van der Waals surface area contributed by atoms with Crippen LogP contribution in [0.1, 0.15) is 6.42 Å². The summed E-state index contributed by atoms with van der Waals surface area (Å²) < 4.78 is 21.0. The van der Waals surface area contributed by atoms with Crippen molar-refractivity contribution >= 4 is 7.60 Å². The van der Waals surface area contributed by atoms with Crippen molar-refractivity contribution in [3.8, 4) is 0 Å². The van der Waals surface area contributed by atoms with Crippen LogP contribution in [-0.2, 0) is 13.6 Å². The van der Waals surface area contributed by atoms with Crippen molar-refractivity contribution in [1.82, 2.24) is 0 Å². The summed E-state index contributed by atoms with van der Waals surface area (Å²) in [4.78, 5) is 0. The molecule has 5 nitrogen and oxygen atoms in total. The SMILES string of the molecule is COP1(=O)CCC(O)(CN)CO1. The van der Waals surface area contributed by atoms with E-state index in [1.165, 1.54) is 7.11 Å². The Labute approximate surface area is 71.4 Å². The first-order valence-corrected chi connectivity index (χ1v) is 5.48. The van der Waals surface area contributed by atoms with Gasteiger partial charge in [0.05, 0.1) is 12.8 Å². The minimum Gasteiger partial charge on any atom is -0.386 e. The molecule has 2 unspecified atom stereocenters. The van der Waals surface area contributed by atoms with E-state index in [0.29, 0.717) is 6.42 Å². The summed E-state index contributed by atoms with van der Waals surface area (Å²) in [6, 6.07) is 0. The van der Waals surface area contributed by atoms with Crippen molar-refractivity contribution in [3.05, 3.63) is 0 Å². The van der Waals surface area contributed by atoms with Gasteiger partial charge in [-0.05, 0) is 6.42 Å². The van der Waals surface area contributed by atoms with Crippen molar-refractivity contribution < 1.29 is 18.7 Å². The normalized spacial score (nSPS) is 42.9. The third-order valence-electron chi connectivity index (χ3n) is 2.04. The van der Waals surface area contributed by atoms with Gasteiger partial charge >= 0.3 is 7.60 Å². The molecule has 6 heteroatoms. The molecule has 0 bridgehead atoms. The first kappa shape index (κ1) is 10.2. The van der Waals surface area contributed by atoms with E-state index in [2.05, 4.69) is 0 Å². The van der Waals surface area contributed by atoms with Crippen LogP contribution in [0.4, 0.5) is 0 Å². The van der Waals surface area contributed by atoms with Crippen LogP contribution in [0.15, 0.2) is 0 Å². The lowest BCUT2D eigenvalue weighted by molar-refractivity contribution is -0.0181. The Morgan fingerprint density at radius 1 is 1.83 bits per heavy atom. The highest BCUT2D eigenvalue weighted by molar-refractivity contribution is 7.53. The van der Waals surface area contributed by atoms with Gasteiger partial charge in [-0.1, -0.05) is 0 Å². The average Bonchev–Trinajstić information content (AvgIpc) is 2.11. The topological polar surface area (TPSA) is 81.8 Å². The molecule has 0 amide bonds. The molecule has 1 rings (SSSR count). The third-order valence-corrected chi connectivity index (χ3v) is 3.89. The third kappa shape index (κ3) is 2.06. The second-order valence-corrected chi connectivity index (χ2v) is 5.26. The maximum Gasteiger partial charge on any atom is 0.330 e. The summed E-state index contributed by atoms with van der Waals surface area (Å²) in [5, 5.41) is 9.58. The Balaban J connectivity index is 2.55. The Bertz CT molecular complexity index is 196. The molecule has 72 valence electrons. The highest BCUT2D eigenvalue weighted by atomic mass is 31.2. The van der Waals surface area contributed by atoms with Crippen LogP contribution in [0.2, 0.25) is 0 Å². The lowest BCUT2D eigenvalue weighted by Crippen LogP contribution is -2.45. The minimum absolute atomic E-state index is 0.00534. The monoisotopic (exact) mass is 195 g/mol. The van der Waals surface area contributed by atoms with Crippen LogP contribution in [0, 0.1) is 0 Å². The van der Waals surface area contributed by atoms with E-state index in [-0.39, 0.29) is 19.3 Å². The average molecular weight is 195 g/mol. The molecule has 1 saturated heterocycles. The van der Waals surface area contributed by atoms with Gasteiger partial charge in [-0.25, -0.2) is 0 Å². The van der Waals surface area contributed by atoms with Gasteiger partial charge in [0.1, 0.15) is 5.60 Å². The zero-order valence-corrected chi connectivity index (χ0v) is 7.92. The molecule has 0 saturated carbocycles. The fourth-order valence-electron chi connectivity index (χ4n) is 1.01. The van der Waals surface area contributed by atoms with E-state index >= 15 is 0 Å². The van der Waals surface area contributed by atoms with Crippen molar-refractivity contribution in [3.63, 3.8) is 0 Å². The van der Waals surface area contributed by atoms with E-state index in [9.17, 15) is 9.67 Å². The lowest BCUT2D eigenvalue weighted by Gasteiger charge is -2.33. The van der Waals surface area contributed by atoms with Crippen molar-refractivity contribution in [2.45, 2.75) is 12.0 Å². The van der Waals surface area contributed by atoms with Gasteiger partial charge in [0.25, 0.3) is 0 Å². The highest BCUT2D eigenvalue weighted by Crippen LogP contribution is 2.52. The van der Waals surface area contributed by atoms with Gasteiger partial charge in [0.15, 0.2) is 0 Å². The molecule has 0 radical (unpaired) electrons. The van der Waals surface area contributed by atoms with Crippen molar-refractivity contribution in [2.75, 3.05) is 26.4 Å². The molecular formula is C6H14NO4P. The standard InChI is InChI=1S/C6H14NO4P/c1-10-12(9)3-2-6(8,4-7)5-11-12/h8H,2-5,7H2,1H3. The molecule has 3 N–H and O–H groups in total. The van der Waals surface area contributed by atoms with Gasteiger partial charge in [-0.15, -0.1) is 0 Å². The summed E-state index contributed by atoms with van der Waals surface area (Å²) in [5.74, 6) is 0. The molecule has 2 atom stereocenters. The number of aliphatic hydroxyl groups is 1. The van der Waals surface area contributed by atoms with Gasteiger partial charge in [0.2, 0.25) is 0 Å². The van der Waals surface area contributed by atoms with Crippen LogP contribution in [0.25, 0.3) is 0 Å². The Morgan fingerprint density at radius 3 is 2.83 bits per heavy atom. The van der Waals surface area contributed by atoms with Crippen LogP contribution in [0.5, 0.6) is 0 Å². The Hall–Kier alpha value is 0.0700. The molecule has 0 aliphatic carbocycles. The van der Waals surface area contributed by atoms with Crippen LogP contribution in [-0.4, -0.2) is 37.1 Å². The van der Waals surface area contributed by atoms with Gasteiger partial charge in [-0.2, -0.15) is 0 Å². The fraction of sp³-hybridized carbons (Fsp3) is 1.00. The molecule has 1 heterocycles. The van der Waals surface area contributed by atoms with Crippen molar-refractivity contribution in [1.29, 1.82) is 0 Å². The van der Waals surface area contributed by atoms with Crippen molar-refractivity contribution in [2.24, 2.45) is 5.73 Å². The van der Waals surface area contributed by atoms with Crippen LogP contribution in [0.3, 0.4) is 0 Å². The smallest absolute Gasteiger partial charge is 0.330 e. The zero-order valence-electron chi connectivity index (χ0n) is 7.02. The number of nitrogens with two attached hydrogens (primary N) is 1. The molecule has 1 fully saturated rings. The van der Waals surface area contributed by atoms with E-state index < -0.39 is 13.2 Å². The molecule has 0 spiro atoms. The van der Waals surface area contributed by atoms with E-state index in [1.807, 2.05) is 0 Å². The second kappa shape index (κ2) is 3.44. The Kier molecular flexibility index (Phi) is 2.91. The highest BCUT2D eigenvalue weighted by Gasteiger charge is 2.39. The van der Waals surface area contributed by atoms with E-state index in [0.717, 1.165) is 0 Å². The molecule has 0 aromatic heterocycles. The molecule has 1 aliphatic heterocycles. The first-order chi connectivity index (χ1) is 5.54. The van der Waals surface area contributed by atoms with Gasteiger partial charge in [0, 0.05) is 13.7 Å². The van der Waals surface area contributed by atoms with E-state index in [1.54, 1.807) is 0 Å². The maximum absolute atomic E-state index is 11.4. The molecular weight excluding hydrogens is 181 g/mol. The van der Waals surface area contributed by atoms with E-state index in [4.69, 9.17) is 14.8 Å². The number of rotatable bonds is 2. The lowest BCUT2D eigenvalue weighted by atomic mass is 10.0. The predicted molar refractivity (Wildman–Crippen MR) is 44.1 cm³/mol. The number of hydrogen-bond acceptors (Lipinski definition) is 5. The molecule has 0 aromatic rings. The summed E-state index contributed by atoms with van der Waals surface area (Å²) in [6.45, 7) is 0.116. The van der Waals surface area contributed by atoms with Gasteiger partial charge < -0.3 is 19.9 Å². The zero-order chi connectivity index (χ0) is 9.24. The summed E-state index contributed by atoms with van der Waals surface area (Å²) in [7, 11) is -1.56. The number of hydrogen-bond donors (Lipinski definition) is 2. The maximum atomic E-state index is 11.4. The minimum atomic E-state index is -2.90. The quantitative estimate of drug-likeness (QED) is 0.603. The first-order valence-electron chi connectivity index (χ1n) is 3.75. The molecule has 0 aromatic carbocycles. The summed E-state index contributed by atoms with van der Waals surface area (Å²) in [5.41, 5.74) is 4.29. The summed E-state index contributed by atoms with van der Waals surface area (Å²) in [6.07, 6.45) is 0.603. The van der Waals surface area contributed by atoms with Crippen LogP contribution < -0.4 is 5.73 Å². The fourth-order valence-corrected chi connectivity index (χ4v) is 2.55. The summed E-state index contributed by atoms with van der Waals surface area (Å²) >= 11 is 0. The molecule has 12 heavy (non-hydrogen) atoms. The second-order valence-electron chi connectivity index (χ2n) is 2.97. The largest absolute Gasteiger partial charge is 0.386 e. The van der Waals surface area contributed by atoms with Crippen LogP contribution >= 0.6 is 7.60 Å². The molecule has 1 aliphatic rings.